The zero-order chi connectivity index (χ0) is 10.4. The largest absolute Gasteiger partial charge is 0.481 e. The summed E-state index contributed by atoms with van der Waals surface area (Å²) in [5.41, 5.74) is 1.23. The lowest BCUT2D eigenvalue weighted by Gasteiger charge is -2.00. The number of aliphatic carboxylic acids is 1. The lowest BCUT2D eigenvalue weighted by molar-refractivity contribution is -0.136. The molecule has 0 aliphatic carbocycles. The molecule has 0 spiro atoms. The molecule has 0 saturated carbocycles. The Morgan fingerprint density at radius 1 is 1.36 bits per heavy atom. The van der Waals surface area contributed by atoms with E-state index in [1.807, 2.05) is 24.3 Å². The molecule has 4 heteroatoms. The number of hydrogen-bond donors (Lipinski definition) is 1. The number of carbonyl (C=O) groups is 1. The minimum Gasteiger partial charge on any atom is -0.481 e. The van der Waals surface area contributed by atoms with Crippen LogP contribution < -0.4 is 0 Å². The van der Waals surface area contributed by atoms with Crippen LogP contribution in [0.25, 0.3) is 0 Å². The first-order chi connectivity index (χ1) is 6.68. The predicted molar refractivity (Wildman–Crippen MR) is 62.6 cm³/mol. The zero-order valence-electron chi connectivity index (χ0n) is 7.57. The smallest absolute Gasteiger partial charge is 0.304 e. The molecule has 1 rings (SSSR count). The molecule has 1 aromatic rings. The molecule has 1 N–H and O–H groups in total. The van der Waals surface area contributed by atoms with Crippen molar-refractivity contribution in [2.24, 2.45) is 0 Å². The van der Waals surface area contributed by atoms with Crippen LogP contribution in [0.15, 0.2) is 28.7 Å². The van der Waals surface area contributed by atoms with Gasteiger partial charge in [-0.15, -0.1) is 0 Å². The van der Waals surface area contributed by atoms with Gasteiger partial charge in [0.1, 0.15) is 0 Å². The van der Waals surface area contributed by atoms with E-state index in [1.54, 1.807) is 11.8 Å². The predicted octanol–water partition coefficient (Wildman–Crippen LogP) is 3.16. The van der Waals surface area contributed by atoms with Gasteiger partial charge in [-0.25, -0.2) is 0 Å². The number of thioether (sulfide) groups is 1. The summed E-state index contributed by atoms with van der Waals surface area (Å²) in [6.45, 7) is 0. The molecule has 0 unspecified atom stereocenters. The number of benzene rings is 1. The summed E-state index contributed by atoms with van der Waals surface area (Å²) >= 11 is 5.01. The molecule has 2 nitrogen and oxygen atoms in total. The molecule has 76 valence electrons. The van der Waals surface area contributed by atoms with E-state index in [4.69, 9.17) is 5.11 Å². The summed E-state index contributed by atoms with van der Waals surface area (Å²) < 4.78 is 1.07. The Morgan fingerprint density at radius 2 is 2.00 bits per heavy atom. The van der Waals surface area contributed by atoms with E-state index < -0.39 is 5.97 Å². The van der Waals surface area contributed by atoms with Crippen LogP contribution in [0.2, 0.25) is 0 Å². The van der Waals surface area contributed by atoms with E-state index in [2.05, 4.69) is 15.9 Å². The summed E-state index contributed by atoms with van der Waals surface area (Å²) in [5, 5.41) is 8.43. The summed E-state index contributed by atoms with van der Waals surface area (Å²) in [4.78, 5) is 10.2. The zero-order valence-corrected chi connectivity index (χ0v) is 9.97. The van der Waals surface area contributed by atoms with Crippen LogP contribution in [0, 0.1) is 0 Å². The first-order valence-corrected chi connectivity index (χ1v) is 6.17. The Morgan fingerprint density at radius 3 is 2.57 bits per heavy atom. The summed E-state index contributed by atoms with van der Waals surface area (Å²) in [6.07, 6.45) is 0.237. The maximum Gasteiger partial charge on any atom is 0.304 e. The minimum absolute atomic E-state index is 0.237. The third-order valence-electron chi connectivity index (χ3n) is 1.64. The van der Waals surface area contributed by atoms with Gasteiger partial charge in [-0.3, -0.25) is 4.79 Å². The number of hydrogen-bond acceptors (Lipinski definition) is 2. The molecule has 0 heterocycles. The molecule has 0 fully saturated rings. The highest BCUT2D eigenvalue weighted by atomic mass is 79.9. The second-order valence-corrected chi connectivity index (χ2v) is 4.84. The molecule has 1 aromatic carbocycles. The summed E-state index contributed by atoms with van der Waals surface area (Å²) in [6, 6.07) is 8.07. The van der Waals surface area contributed by atoms with Crippen LogP contribution in [0.4, 0.5) is 0 Å². The molecular weight excluding hydrogens is 264 g/mol. The molecule has 0 amide bonds. The van der Waals surface area contributed by atoms with Gasteiger partial charge in [0.15, 0.2) is 0 Å². The van der Waals surface area contributed by atoms with Crippen molar-refractivity contribution >= 4 is 33.7 Å². The quantitative estimate of drug-likeness (QED) is 0.839. The van der Waals surface area contributed by atoms with Crippen LogP contribution in [0.5, 0.6) is 0 Å². The Labute approximate surface area is 95.8 Å². The van der Waals surface area contributed by atoms with Crippen LogP contribution in [0.3, 0.4) is 0 Å². The first-order valence-electron chi connectivity index (χ1n) is 4.22. The molecule has 0 bridgehead atoms. The average Bonchev–Trinajstić information content (AvgIpc) is 2.15. The Hall–Kier alpha value is -0.480. The molecule has 0 saturated heterocycles. The molecule has 0 aliphatic rings. The molecule has 0 aromatic heterocycles. The Bertz CT molecular complexity index is 297. The van der Waals surface area contributed by atoms with Crippen molar-refractivity contribution in [2.75, 3.05) is 5.75 Å². The number of halogens is 1. The van der Waals surface area contributed by atoms with E-state index in [9.17, 15) is 4.79 Å². The number of rotatable bonds is 5. The highest BCUT2D eigenvalue weighted by Gasteiger charge is 1.97. The summed E-state index contributed by atoms with van der Waals surface area (Å²) in [5.74, 6) is 0.819. The van der Waals surface area contributed by atoms with E-state index in [1.165, 1.54) is 5.56 Å². The van der Waals surface area contributed by atoms with Gasteiger partial charge in [0.25, 0.3) is 0 Å². The maximum atomic E-state index is 10.2. The van der Waals surface area contributed by atoms with Gasteiger partial charge in [-0.1, -0.05) is 28.1 Å². The van der Waals surface area contributed by atoms with Crippen LogP contribution in [-0.4, -0.2) is 16.8 Å². The van der Waals surface area contributed by atoms with Crippen LogP contribution in [-0.2, 0) is 10.5 Å². The van der Waals surface area contributed by atoms with Crippen molar-refractivity contribution in [3.05, 3.63) is 34.3 Å². The number of carboxylic acid groups (broad SMARTS) is 1. The topological polar surface area (TPSA) is 37.3 Å². The highest BCUT2D eigenvalue weighted by molar-refractivity contribution is 9.10. The maximum absolute atomic E-state index is 10.2. The van der Waals surface area contributed by atoms with Crippen LogP contribution in [0.1, 0.15) is 12.0 Å². The van der Waals surface area contributed by atoms with Gasteiger partial charge >= 0.3 is 5.97 Å². The lowest BCUT2D eigenvalue weighted by atomic mass is 10.2. The molecule has 0 radical (unpaired) electrons. The Balaban J connectivity index is 2.25. The minimum atomic E-state index is -0.728. The SMILES string of the molecule is O=C(O)CCSCc1ccc(Br)cc1. The van der Waals surface area contributed by atoms with Gasteiger partial charge in [0, 0.05) is 16.0 Å². The van der Waals surface area contributed by atoms with Crippen molar-refractivity contribution in [3.63, 3.8) is 0 Å². The van der Waals surface area contributed by atoms with Gasteiger partial charge in [-0.2, -0.15) is 11.8 Å². The molecule has 14 heavy (non-hydrogen) atoms. The lowest BCUT2D eigenvalue weighted by Crippen LogP contribution is -1.96. The second kappa shape index (κ2) is 6.09. The fraction of sp³-hybridized carbons (Fsp3) is 0.300. The first kappa shape index (κ1) is 11.6. The van der Waals surface area contributed by atoms with E-state index in [0.717, 1.165) is 10.2 Å². The normalized spacial score (nSPS) is 10.1. The standard InChI is InChI=1S/C10H11BrO2S/c11-9-3-1-8(2-4-9)7-14-6-5-10(12)13/h1-4H,5-7H2,(H,12,13). The Kier molecular flexibility index (Phi) is 5.04. The molecular formula is C10H11BrO2S. The van der Waals surface area contributed by atoms with E-state index in [0.29, 0.717) is 5.75 Å². The van der Waals surface area contributed by atoms with Crippen molar-refractivity contribution in [1.82, 2.24) is 0 Å². The fourth-order valence-corrected chi connectivity index (χ4v) is 2.09. The number of carboxylic acids is 1. The van der Waals surface area contributed by atoms with Crippen molar-refractivity contribution in [1.29, 1.82) is 0 Å². The second-order valence-electron chi connectivity index (χ2n) is 2.82. The van der Waals surface area contributed by atoms with E-state index in [-0.39, 0.29) is 6.42 Å². The van der Waals surface area contributed by atoms with Crippen molar-refractivity contribution < 1.29 is 9.90 Å². The van der Waals surface area contributed by atoms with Crippen LogP contribution >= 0.6 is 27.7 Å². The van der Waals surface area contributed by atoms with Gasteiger partial charge < -0.3 is 5.11 Å². The monoisotopic (exact) mass is 274 g/mol. The van der Waals surface area contributed by atoms with Crippen molar-refractivity contribution in [3.8, 4) is 0 Å². The third kappa shape index (κ3) is 4.67. The third-order valence-corrected chi connectivity index (χ3v) is 3.20. The van der Waals surface area contributed by atoms with Gasteiger partial charge in [0.05, 0.1) is 6.42 Å². The highest BCUT2D eigenvalue weighted by Crippen LogP contribution is 2.16. The average molecular weight is 275 g/mol. The van der Waals surface area contributed by atoms with E-state index >= 15 is 0 Å². The van der Waals surface area contributed by atoms with Gasteiger partial charge in [0.2, 0.25) is 0 Å². The van der Waals surface area contributed by atoms with Crippen molar-refractivity contribution in [2.45, 2.75) is 12.2 Å². The fourth-order valence-electron chi connectivity index (χ4n) is 0.930. The summed E-state index contributed by atoms with van der Waals surface area (Å²) in [7, 11) is 0. The molecule has 0 atom stereocenters. The van der Waals surface area contributed by atoms with Gasteiger partial charge in [-0.05, 0) is 17.7 Å². The molecule has 0 aliphatic heterocycles.